The zero-order valence-electron chi connectivity index (χ0n) is 11.6. The molecule has 0 aliphatic carbocycles. The summed E-state index contributed by atoms with van der Waals surface area (Å²) in [6, 6.07) is 1.75. The van der Waals surface area contributed by atoms with E-state index in [4.69, 9.17) is 0 Å². The average molecular weight is 276 g/mol. The summed E-state index contributed by atoms with van der Waals surface area (Å²) in [5.41, 5.74) is 0. The highest BCUT2D eigenvalue weighted by Crippen LogP contribution is 2.10. The molecule has 2 heterocycles. The van der Waals surface area contributed by atoms with E-state index in [1.165, 1.54) is 18.1 Å². The predicted octanol–water partition coefficient (Wildman–Crippen LogP) is 0.974. The van der Waals surface area contributed by atoms with Gasteiger partial charge < -0.3 is 10.1 Å². The van der Waals surface area contributed by atoms with Gasteiger partial charge in [-0.25, -0.2) is 24.4 Å². The summed E-state index contributed by atoms with van der Waals surface area (Å²) >= 11 is 0. The van der Waals surface area contributed by atoms with Gasteiger partial charge in [0.25, 0.3) is 5.82 Å². The number of methoxy groups -OCH3 is 1. The first-order valence-corrected chi connectivity index (χ1v) is 6.24. The van der Waals surface area contributed by atoms with Crippen LogP contribution in [-0.2, 0) is 4.74 Å². The third-order valence-corrected chi connectivity index (χ3v) is 2.48. The van der Waals surface area contributed by atoms with Crippen LogP contribution in [0.2, 0.25) is 0 Å². The number of hydrogen-bond acceptors (Lipinski definition) is 7. The van der Waals surface area contributed by atoms with Crippen LogP contribution >= 0.6 is 0 Å². The molecule has 0 spiro atoms. The molecule has 0 saturated heterocycles. The van der Waals surface area contributed by atoms with E-state index in [9.17, 15) is 4.79 Å². The van der Waals surface area contributed by atoms with Crippen molar-refractivity contribution < 1.29 is 9.53 Å². The van der Waals surface area contributed by atoms with Crippen molar-refractivity contribution in [1.82, 2.24) is 24.7 Å². The van der Waals surface area contributed by atoms with Crippen molar-refractivity contribution in [3.63, 3.8) is 0 Å². The van der Waals surface area contributed by atoms with Crippen LogP contribution < -0.4 is 5.32 Å². The van der Waals surface area contributed by atoms with Crippen LogP contribution in [0.15, 0.2) is 12.4 Å². The van der Waals surface area contributed by atoms with Crippen LogP contribution in [0.3, 0.4) is 0 Å². The number of rotatable bonds is 5. The fourth-order valence-electron chi connectivity index (χ4n) is 1.57. The summed E-state index contributed by atoms with van der Waals surface area (Å²) in [5.74, 6) is 1.27. The predicted molar refractivity (Wildman–Crippen MR) is 71.8 cm³/mol. The van der Waals surface area contributed by atoms with E-state index in [2.05, 4.69) is 37.0 Å². The standard InChI is InChI=1S/C12H16N6O2/c1-4-5-13-9-6-10(16-8(2)15-9)18-7-14-11(17-18)12(19)20-3/h6-7H,4-5H2,1-3H3,(H,13,15,16). The van der Waals surface area contributed by atoms with E-state index in [1.807, 2.05) is 0 Å². The van der Waals surface area contributed by atoms with Gasteiger partial charge in [-0.15, -0.1) is 5.10 Å². The first-order valence-electron chi connectivity index (χ1n) is 6.24. The number of aromatic nitrogens is 5. The van der Waals surface area contributed by atoms with Crippen molar-refractivity contribution in [2.75, 3.05) is 19.0 Å². The van der Waals surface area contributed by atoms with Crippen molar-refractivity contribution in [3.8, 4) is 5.82 Å². The molecular formula is C12H16N6O2. The Kier molecular flexibility index (Phi) is 4.24. The van der Waals surface area contributed by atoms with Crippen LogP contribution in [0.25, 0.3) is 5.82 Å². The summed E-state index contributed by atoms with van der Waals surface area (Å²) in [7, 11) is 1.28. The number of hydrogen-bond donors (Lipinski definition) is 1. The maximum atomic E-state index is 11.3. The molecule has 0 saturated carbocycles. The van der Waals surface area contributed by atoms with E-state index in [0.29, 0.717) is 17.5 Å². The number of nitrogens with zero attached hydrogens (tertiary/aromatic N) is 5. The largest absolute Gasteiger partial charge is 0.463 e. The third kappa shape index (κ3) is 3.08. The van der Waals surface area contributed by atoms with Crippen LogP contribution in [0, 0.1) is 6.92 Å². The number of nitrogens with one attached hydrogen (secondary N) is 1. The fourth-order valence-corrected chi connectivity index (χ4v) is 1.57. The number of aryl methyl sites for hydroxylation is 1. The van der Waals surface area contributed by atoms with Gasteiger partial charge in [0, 0.05) is 12.6 Å². The van der Waals surface area contributed by atoms with Gasteiger partial charge in [-0.3, -0.25) is 0 Å². The van der Waals surface area contributed by atoms with E-state index in [-0.39, 0.29) is 5.82 Å². The maximum absolute atomic E-state index is 11.3. The summed E-state index contributed by atoms with van der Waals surface area (Å²) in [6.45, 7) is 4.68. The molecule has 0 aromatic carbocycles. The van der Waals surface area contributed by atoms with Gasteiger partial charge >= 0.3 is 5.97 Å². The molecule has 2 aromatic heterocycles. The second kappa shape index (κ2) is 6.09. The molecule has 0 bridgehead atoms. The molecule has 0 amide bonds. The van der Waals surface area contributed by atoms with Crippen molar-refractivity contribution in [2.45, 2.75) is 20.3 Å². The highest BCUT2D eigenvalue weighted by Gasteiger charge is 2.13. The Morgan fingerprint density at radius 2 is 2.25 bits per heavy atom. The lowest BCUT2D eigenvalue weighted by atomic mass is 10.4. The monoisotopic (exact) mass is 276 g/mol. The number of esters is 1. The molecule has 106 valence electrons. The molecule has 2 aromatic rings. The number of anilines is 1. The van der Waals surface area contributed by atoms with Gasteiger partial charge in [-0.2, -0.15) is 0 Å². The van der Waals surface area contributed by atoms with E-state index >= 15 is 0 Å². The van der Waals surface area contributed by atoms with Gasteiger partial charge in [0.15, 0.2) is 5.82 Å². The van der Waals surface area contributed by atoms with E-state index in [0.717, 1.165) is 13.0 Å². The van der Waals surface area contributed by atoms with Gasteiger partial charge in [-0.05, 0) is 13.3 Å². The first kappa shape index (κ1) is 13.9. The minimum absolute atomic E-state index is 0.00756. The SMILES string of the molecule is CCCNc1cc(-n2cnc(C(=O)OC)n2)nc(C)n1. The highest BCUT2D eigenvalue weighted by atomic mass is 16.5. The lowest BCUT2D eigenvalue weighted by molar-refractivity contribution is 0.0587. The second-order valence-corrected chi connectivity index (χ2v) is 4.09. The van der Waals surface area contributed by atoms with Crippen LogP contribution in [-0.4, -0.2) is 44.4 Å². The molecule has 0 radical (unpaired) electrons. The summed E-state index contributed by atoms with van der Waals surface area (Å²) < 4.78 is 5.98. The van der Waals surface area contributed by atoms with Crippen molar-refractivity contribution in [3.05, 3.63) is 24.0 Å². The smallest absolute Gasteiger partial charge is 0.377 e. The Morgan fingerprint density at radius 3 is 2.95 bits per heavy atom. The van der Waals surface area contributed by atoms with Gasteiger partial charge in [0.2, 0.25) is 0 Å². The summed E-state index contributed by atoms with van der Waals surface area (Å²) in [6.07, 6.45) is 2.41. The minimum atomic E-state index is -0.584. The topological polar surface area (TPSA) is 94.8 Å². The fraction of sp³-hybridized carbons (Fsp3) is 0.417. The third-order valence-electron chi connectivity index (χ3n) is 2.48. The zero-order valence-corrected chi connectivity index (χ0v) is 11.6. The number of carbonyl (C=O) groups excluding carboxylic acids is 1. The molecule has 0 fully saturated rings. The Bertz CT molecular complexity index is 610. The van der Waals surface area contributed by atoms with E-state index < -0.39 is 5.97 Å². The molecule has 2 rings (SSSR count). The molecule has 0 unspecified atom stereocenters. The average Bonchev–Trinajstić information content (AvgIpc) is 2.93. The van der Waals surface area contributed by atoms with Crippen molar-refractivity contribution in [2.24, 2.45) is 0 Å². The second-order valence-electron chi connectivity index (χ2n) is 4.09. The molecule has 0 aliphatic heterocycles. The highest BCUT2D eigenvalue weighted by molar-refractivity contribution is 5.84. The Balaban J connectivity index is 2.29. The van der Waals surface area contributed by atoms with E-state index in [1.54, 1.807) is 13.0 Å². The maximum Gasteiger partial charge on any atom is 0.377 e. The molecule has 0 atom stereocenters. The Labute approximate surface area is 116 Å². The van der Waals surface area contributed by atoms with Crippen molar-refractivity contribution >= 4 is 11.8 Å². The molecule has 0 aliphatic rings. The van der Waals surface area contributed by atoms with Gasteiger partial charge in [-0.1, -0.05) is 6.92 Å². The van der Waals surface area contributed by atoms with Crippen molar-refractivity contribution in [1.29, 1.82) is 0 Å². The quantitative estimate of drug-likeness (QED) is 0.813. The molecule has 8 heteroatoms. The van der Waals surface area contributed by atoms with Crippen LogP contribution in [0.5, 0.6) is 0 Å². The molecular weight excluding hydrogens is 260 g/mol. The number of ether oxygens (including phenoxy) is 1. The molecule has 1 N–H and O–H groups in total. The lowest BCUT2D eigenvalue weighted by Gasteiger charge is -2.07. The number of carbonyl (C=O) groups is 1. The van der Waals surface area contributed by atoms with Gasteiger partial charge in [0.1, 0.15) is 18.0 Å². The first-order chi connectivity index (χ1) is 9.63. The molecule has 20 heavy (non-hydrogen) atoms. The lowest BCUT2D eigenvalue weighted by Crippen LogP contribution is -2.08. The summed E-state index contributed by atoms with van der Waals surface area (Å²) in [5, 5.41) is 7.21. The van der Waals surface area contributed by atoms with Crippen LogP contribution in [0.1, 0.15) is 29.8 Å². The Hall–Kier alpha value is -2.51. The zero-order chi connectivity index (χ0) is 14.5. The summed E-state index contributed by atoms with van der Waals surface area (Å²) in [4.78, 5) is 23.8. The normalized spacial score (nSPS) is 10.3. The Morgan fingerprint density at radius 1 is 1.45 bits per heavy atom. The minimum Gasteiger partial charge on any atom is -0.463 e. The van der Waals surface area contributed by atoms with Gasteiger partial charge in [0.05, 0.1) is 7.11 Å². The molecule has 8 nitrogen and oxygen atoms in total. The van der Waals surface area contributed by atoms with Crippen LogP contribution in [0.4, 0.5) is 5.82 Å².